The Balaban J connectivity index is 2.38. The SMILES string of the molecule is O=CC1=CC2=CC=CCC2NC1=O. The molecule has 0 aromatic carbocycles. The summed E-state index contributed by atoms with van der Waals surface area (Å²) in [5.74, 6) is -0.271. The lowest BCUT2D eigenvalue weighted by Gasteiger charge is -2.24. The summed E-state index contributed by atoms with van der Waals surface area (Å²) in [4.78, 5) is 21.7. The van der Waals surface area contributed by atoms with E-state index in [9.17, 15) is 9.59 Å². The minimum absolute atomic E-state index is 0.0567. The lowest BCUT2D eigenvalue weighted by molar-refractivity contribution is -0.120. The summed E-state index contributed by atoms with van der Waals surface area (Å²) in [6.07, 6.45) is 8.89. The van der Waals surface area contributed by atoms with Crippen LogP contribution in [0, 0.1) is 0 Å². The predicted molar refractivity (Wildman–Crippen MR) is 47.9 cm³/mol. The molecule has 0 spiro atoms. The average Bonchev–Trinajstić information content (AvgIpc) is 2.17. The molecule has 1 unspecified atom stereocenters. The molecule has 1 amide bonds. The summed E-state index contributed by atoms with van der Waals surface area (Å²) in [6, 6.07) is 0.0567. The van der Waals surface area contributed by atoms with Gasteiger partial charge < -0.3 is 5.32 Å². The van der Waals surface area contributed by atoms with Gasteiger partial charge in [0.2, 0.25) is 0 Å². The maximum atomic E-state index is 11.2. The zero-order chi connectivity index (χ0) is 9.26. The molecule has 0 saturated carbocycles. The zero-order valence-corrected chi connectivity index (χ0v) is 6.99. The second kappa shape index (κ2) is 3.01. The Kier molecular flexibility index (Phi) is 1.85. The number of hydrogen-bond acceptors (Lipinski definition) is 2. The lowest BCUT2D eigenvalue weighted by Crippen LogP contribution is -2.40. The molecule has 2 rings (SSSR count). The number of rotatable bonds is 1. The highest BCUT2D eigenvalue weighted by molar-refractivity contribution is 6.12. The van der Waals surface area contributed by atoms with Gasteiger partial charge >= 0.3 is 0 Å². The summed E-state index contributed by atoms with van der Waals surface area (Å²) in [5.41, 5.74) is 1.21. The third-order valence-electron chi connectivity index (χ3n) is 2.22. The van der Waals surface area contributed by atoms with Gasteiger partial charge in [-0.05, 0) is 18.1 Å². The van der Waals surface area contributed by atoms with Gasteiger partial charge in [-0.3, -0.25) is 9.59 Å². The molecule has 0 radical (unpaired) electrons. The molecule has 66 valence electrons. The number of allylic oxidation sites excluding steroid dienone is 2. The van der Waals surface area contributed by atoms with Crippen molar-refractivity contribution in [2.45, 2.75) is 12.5 Å². The Bertz CT molecular complexity index is 350. The van der Waals surface area contributed by atoms with Crippen LogP contribution >= 0.6 is 0 Å². The molecule has 0 aromatic heterocycles. The van der Waals surface area contributed by atoms with E-state index in [1.165, 1.54) is 0 Å². The quantitative estimate of drug-likeness (QED) is 0.466. The van der Waals surface area contributed by atoms with Crippen molar-refractivity contribution in [2.24, 2.45) is 0 Å². The second-order valence-electron chi connectivity index (χ2n) is 3.07. The van der Waals surface area contributed by atoms with E-state index in [1.807, 2.05) is 18.2 Å². The Hall–Kier alpha value is -1.64. The van der Waals surface area contributed by atoms with Crippen molar-refractivity contribution in [2.75, 3.05) is 0 Å². The number of nitrogens with one attached hydrogen (secondary N) is 1. The Morgan fingerprint density at radius 3 is 3.15 bits per heavy atom. The molecule has 3 nitrogen and oxygen atoms in total. The second-order valence-corrected chi connectivity index (χ2v) is 3.07. The van der Waals surface area contributed by atoms with Crippen LogP contribution in [-0.2, 0) is 9.59 Å². The first kappa shape index (κ1) is 7.98. The van der Waals surface area contributed by atoms with E-state index in [0.717, 1.165) is 12.0 Å². The summed E-state index contributed by atoms with van der Waals surface area (Å²) in [5, 5.41) is 2.76. The fourth-order valence-electron chi connectivity index (χ4n) is 1.51. The van der Waals surface area contributed by atoms with Gasteiger partial charge in [0, 0.05) is 0 Å². The molecule has 3 heteroatoms. The van der Waals surface area contributed by atoms with Crippen LogP contribution < -0.4 is 5.32 Å². The smallest absolute Gasteiger partial charge is 0.255 e. The topological polar surface area (TPSA) is 46.2 Å². The maximum Gasteiger partial charge on any atom is 0.255 e. The van der Waals surface area contributed by atoms with E-state index in [-0.39, 0.29) is 17.5 Å². The van der Waals surface area contributed by atoms with Crippen LogP contribution in [0.3, 0.4) is 0 Å². The van der Waals surface area contributed by atoms with E-state index in [2.05, 4.69) is 5.32 Å². The summed E-state index contributed by atoms with van der Waals surface area (Å²) in [6.45, 7) is 0. The average molecular weight is 175 g/mol. The van der Waals surface area contributed by atoms with Crippen LogP contribution in [0.4, 0.5) is 0 Å². The van der Waals surface area contributed by atoms with Gasteiger partial charge in [-0.2, -0.15) is 0 Å². The van der Waals surface area contributed by atoms with E-state index < -0.39 is 0 Å². The predicted octanol–water partition coefficient (Wildman–Crippen LogP) is 0.496. The van der Waals surface area contributed by atoms with E-state index in [1.54, 1.807) is 6.08 Å². The normalized spacial score (nSPS) is 25.5. The minimum atomic E-state index is -0.271. The number of carbonyl (C=O) groups is 2. The molecule has 0 aromatic rings. The van der Waals surface area contributed by atoms with Crippen molar-refractivity contribution in [3.63, 3.8) is 0 Å². The van der Waals surface area contributed by atoms with Gasteiger partial charge in [0.1, 0.15) is 0 Å². The molecule has 13 heavy (non-hydrogen) atoms. The largest absolute Gasteiger partial charge is 0.345 e. The van der Waals surface area contributed by atoms with Gasteiger partial charge in [-0.15, -0.1) is 0 Å². The number of aldehydes is 1. The zero-order valence-electron chi connectivity index (χ0n) is 6.99. The molecule has 1 heterocycles. The van der Waals surface area contributed by atoms with E-state index in [4.69, 9.17) is 0 Å². The minimum Gasteiger partial charge on any atom is -0.345 e. The Morgan fingerprint density at radius 2 is 2.38 bits per heavy atom. The van der Waals surface area contributed by atoms with Crippen LogP contribution in [-0.4, -0.2) is 18.2 Å². The van der Waals surface area contributed by atoms with Crippen molar-refractivity contribution in [1.29, 1.82) is 0 Å². The first-order valence-corrected chi connectivity index (χ1v) is 4.16. The van der Waals surface area contributed by atoms with Crippen molar-refractivity contribution < 1.29 is 9.59 Å². The maximum absolute atomic E-state index is 11.2. The molecular formula is C10H9NO2. The lowest BCUT2D eigenvalue weighted by atomic mass is 9.93. The Labute approximate surface area is 75.8 Å². The fraction of sp³-hybridized carbons (Fsp3) is 0.200. The third kappa shape index (κ3) is 1.33. The van der Waals surface area contributed by atoms with E-state index in [0.29, 0.717) is 6.29 Å². The third-order valence-corrected chi connectivity index (χ3v) is 2.22. The van der Waals surface area contributed by atoms with Crippen LogP contribution in [0.15, 0.2) is 35.5 Å². The van der Waals surface area contributed by atoms with Crippen LogP contribution in [0.5, 0.6) is 0 Å². The first-order chi connectivity index (χ1) is 6.31. The molecule has 1 atom stereocenters. The fourth-order valence-corrected chi connectivity index (χ4v) is 1.51. The van der Waals surface area contributed by atoms with Crippen LogP contribution in [0.1, 0.15) is 6.42 Å². The van der Waals surface area contributed by atoms with Crippen LogP contribution in [0.25, 0.3) is 0 Å². The van der Waals surface area contributed by atoms with Gasteiger partial charge in [0.15, 0.2) is 6.29 Å². The van der Waals surface area contributed by atoms with Gasteiger partial charge in [0.05, 0.1) is 11.6 Å². The van der Waals surface area contributed by atoms with Crippen molar-refractivity contribution in [3.05, 3.63) is 35.5 Å². The molecule has 2 aliphatic rings. The molecule has 0 fully saturated rings. The molecular weight excluding hydrogens is 166 g/mol. The van der Waals surface area contributed by atoms with Crippen molar-refractivity contribution >= 4 is 12.2 Å². The monoisotopic (exact) mass is 175 g/mol. The first-order valence-electron chi connectivity index (χ1n) is 4.16. The molecule has 0 bridgehead atoms. The molecule has 1 aliphatic heterocycles. The molecule has 1 N–H and O–H groups in total. The summed E-state index contributed by atoms with van der Waals surface area (Å²) in [7, 11) is 0. The van der Waals surface area contributed by atoms with Gasteiger partial charge in [-0.1, -0.05) is 18.2 Å². The van der Waals surface area contributed by atoms with Crippen molar-refractivity contribution in [1.82, 2.24) is 5.32 Å². The van der Waals surface area contributed by atoms with Gasteiger partial charge in [-0.25, -0.2) is 0 Å². The van der Waals surface area contributed by atoms with Crippen molar-refractivity contribution in [3.8, 4) is 0 Å². The highest BCUT2D eigenvalue weighted by atomic mass is 16.2. The van der Waals surface area contributed by atoms with Gasteiger partial charge in [0.25, 0.3) is 5.91 Å². The molecule has 0 saturated heterocycles. The highest BCUT2D eigenvalue weighted by Gasteiger charge is 2.23. The number of amides is 1. The standard InChI is InChI=1S/C10H9NO2/c12-6-8-5-7-3-1-2-4-9(7)11-10(8)13/h1-3,5-6,9H,4H2,(H,11,13). The molecule has 1 aliphatic carbocycles. The summed E-state index contributed by atoms with van der Waals surface area (Å²) < 4.78 is 0. The highest BCUT2D eigenvalue weighted by Crippen LogP contribution is 2.19. The number of fused-ring (bicyclic) bond motifs is 1. The number of hydrogen-bond donors (Lipinski definition) is 1. The Morgan fingerprint density at radius 1 is 1.54 bits per heavy atom. The number of carbonyl (C=O) groups excluding carboxylic acids is 2. The van der Waals surface area contributed by atoms with Crippen LogP contribution in [0.2, 0.25) is 0 Å². The van der Waals surface area contributed by atoms with E-state index >= 15 is 0 Å². The summed E-state index contributed by atoms with van der Waals surface area (Å²) >= 11 is 0.